The molecule has 2 aromatic carbocycles. The largest absolute Gasteiger partial charge is 0.489 e. The molecule has 2 N–H and O–H groups in total. The number of amides is 2. The van der Waals surface area contributed by atoms with E-state index in [9.17, 15) is 9.59 Å². The van der Waals surface area contributed by atoms with Crippen molar-refractivity contribution in [1.82, 2.24) is 10.2 Å². The number of hydrogen-bond acceptors (Lipinski definition) is 5. The summed E-state index contributed by atoms with van der Waals surface area (Å²) in [5, 5.41) is 5.23. The summed E-state index contributed by atoms with van der Waals surface area (Å²) in [6, 6.07) is 16.8. The normalized spacial score (nSPS) is 14.3. The molecule has 0 atom stereocenters. The summed E-state index contributed by atoms with van der Waals surface area (Å²) < 4.78 is 11.0. The van der Waals surface area contributed by atoms with Crippen molar-refractivity contribution in [1.29, 1.82) is 0 Å². The van der Waals surface area contributed by atoms with Crippen molar-refractivity contribution in [2.75, 3.05) is 44.7 Å². The van der Waals surface area contributed by atoms with Crippen molar-refractivity contribution < 1.29 is 19.1 Å². The van der Waals surface area contributed by atoms with Gasteiger partial charge in [-0.1, -0.05) is 30.3 Å². The lowest BCUT2D eigenvalue weighted by atomic mass is 10.2. The summed E-state index contributed by atoms with van der Waals surface area (Å²) in [4.78, 5) is 26.1. The van der Waals surface area contributed by atoms with E-state index < -0.39 is 11.8 Å². The van der Waals surface area contributed by atoms with Gasteiger partial charge >= 0.3 is 11.8 Å². The van der Waals surface area contributed by atoms with Crippen molar-refractivity contribution >= 4 is 17.5 Å². The van der Waals surface area contributed by atoms with Crippen LogP contribution in [0.2, 0.25) is 0 Å². The Morgan fingerprint density at radius 2 is 1.68 bits per heavy atom. The third-order valence-corrected chi connectivity index (χ3v) is 4.38. The molecule has 0 aromatic heterocycles. The van der Waals surface area contributed by atoms with Crippen LogP contribution in [-0.4, -0.2) is 56.1 Å². The van der Waals surface area contributed by atoms with Crippen LogP contribution >= 0.6 is 0 Å². The molecular formula is C21H25N3O4. The number of carbonyl (C=O) groups excluding carboxylic acids is 2. The van der Waals surface area contributed by atoms with E-state index in [1.54, 1.807) is 24.3 Å². The van der Waals surface area contributed by atoms with E-state index in [4.69, 9.17) is 9.47 Å². The molecule has 7 nitrogen and oxygen atoms in total. The highest BCUT2D eigenvalue weighted by molar-refractivity contribution is 6.39. The average molecular weight is 383 g/mol. The third kappa shape index (κ3) is 6.37. The third-order valence-electron chi connectivity index (χ3n) is 4.38. The maximum atomic E-state index is 12.0. The van der Waals surface area contributed by atoms with Gasteiger partial charge in [0.15, 0.2) is 0 Å². The molecule has 2 aromatic rings. The summed E-state index contributed by atoms with van der Waals surface area (Å²) in [7, 11) is 0. The Morgan fingerprint density at radius 1 is 0.964 bits per heavy atom. The van der Waals surface area contributed by atoms with Crippen molar-refractivity contribution in [3.63, 3.8) is 0 Å². The van der Waals surface area contributed by atoms with Crippen molar-refractivity contribution in [2.45, 2.75) is 6.61 Å². The van der Waals surface area contributed by atoms with Crippen molar-refractivity contribution in [2.24, 2.45) is 0 Å². The van der Waals surface area contributed by atoms with Gasteiger partial charge in [-0.05, 0) is 29.8 Å². The number of morpholine rings is 1. The number of benzene rings is 2. The van der Waals surface area contributed by atoms with E-state index in [-0.39, 0.29) is 0 Å². The summed E-state index contributed by atoms with van der Waals surface area (Å²) in [5.74, 6) is -0.630. The lowest BCUT2D eigenvalue weighted by molar-refractivity contribution is -0.136. The first-order valence-corrected chi connectivity index (χ1v) is 9.37. The summed E-state index contributed by atoms with van der Waals surface area (Å²) in [6.45, 7) is 4.72. The molecule has 1 heterocycles. The lowest BCUT2D eigenvalue weighted by Gasteiger charge is -2.26. The van der Waals surface area contributed by atoms with Crippen LogP contribution in [-0.2, 0) is 20.9 Å². The molecule has 0 bridgehead atoms. The number of rotatable bonds is 7. The van der Waals surface area contributed by atoms with Gasteiger partial charge in [0, 0.05) is 31.9 Å². The molecule has 148 valence electrons. The quantitative estimate of drug-likeness (QED) is 0.711. The van der Waals surface area contributed by atoms with Crippen LogP contribution in [0.3, 0.4) is 0 Å². The highest BCUT2D eigenvalue weighted by Crippen LogP contribution is 2.17. The molecule has 7 heteroatoms. The molecule has 0 aliphatic carbocycles. The topological polar surface area (TPSA) is 79.9 Å². The summed E-state index contributed by atoms with van der Waals surface area (Å²) in [6.07, 6.45) is 0. The second-order valence-corrected chi connectivity index (χ2v) is 6.46. The standard InChI is InChI=1S/C21H25N3O4/c25-20(22-10-11-24-12-14-27-15-13-24)21(26)23-18-6-8-19(9-7-18)28-16-17-4-2-1-3-5-17/h1-9H,10-16H2,(H,22,25)(H,23,26). The Balaban J connectivity index is 1.38. The predicted molar refractivity (Wildman–Crippen MR) is 106 cm³/mol. The monoisotopic (exact) mass is 383 g/mol. The molecule has 1 aliphatic heterocycles. The molecule has 0 spiro atoms. The Labute approximate surface area is 164 Å². The molecule has 28 heavy (non-hydrogen) atoms. The van der Waals surface area contributed by atoms with Crippen LogP contribution in [0, 0.1) is 0 Å². The maximum Gasteiger partial charge on any atom is 0.313 e. The van der Waals surface area contributed by atoms with Gasteiger partial charge < -0.3 is 20.1 Å². The molecule has 1 fully saturated rings. The van der Waals surface area contributed by atoms with Gasteiger partial charge in [-0.2, -0.15) is 0 Å². The van der Waals surface area contributed by atoms with Crippen LogP contribution in [0.1, 0.15) is 5.56 Å². The van der Waals surface area contributed by atoms with Crippen LogP contribution in [0.15, 0.2) is 54.6 Å². The van der Waals surface area contributed by atoms with Gasteiger partial charge in [0.2, 0.25) is 0 Å². The first-order chi connectivity index (χ1) is 13.7. The second-order valence-electron chi connectivity index (χ2n) is 6.46. The summed E-state index contributed by atoms with van der Waals surface area (Å²) in [5.41, 5.74) is 1.62. The smallest absolute Gasteiger partial charge is 0.313 e. The minimum atomic E-state index is -0.681. The molecule has 2 amide bonds. The predicted octanol–water partition coefficient (Wildman–Crippen LogP) is 1.65. The van der Waals surface area contributed by atoms with E-state index in [1.165, 1.54) is 0 Å². The second kappa shape index (κ2) is 10.4. The summed E-state index contributed by atoms with van der Waals surface area (Å²) >= 11 is 0. The number of ether oxygens (including phenoxy) is 2. The van der Waals surface area contributed by atoms with Gasteiger partial charge in [-0.15, -0.1) is 0 Å². The maximum absolute atomic E-state index is 12.0. The zero-order chi connectivity index (χ0) is 19.6. The Bertz CT molecular complexity index is 759. The molecule has 1 aliphatic rings. The van der Waals surface area contributed by atoms with Gasteiger partial charge in [0.25, 0.3) is 0 Å². The molecule has 0 unspecified atom stereocenters. The van der Waals surface area contributed by atoms with Gasteiger partial charge in [0.1, 0.15) is 12.4 Å². The van der Waals surface area contributed by atoms with Crippen LogP contribution < -0.4 is 15.4 Å². The molecule has 0 radical (unpaired) electrons. The minimum absolute atomic E-state index is 0.429. The molecule has 3 rings (SSSR count). The van der Waals surface area contributed by atoms with E-state index in [2.05, 4.69) is 15.5 Å². The highest BCUT2D eigenvalue weighted by atomic mass is 16.5. The molecular weight excluding hydrogens is 358 g/mol. The fourth-order valence-corrected chi connectivity index (χ4v) is 2.80. The number of nitrogens with one attached hydrogen (secondary N) is 2. The number of anilines is 1. The Kier molecular flexibility index (Phi) is 7.40. The first kappa shape index (κ1) is 19.9. The van der Waals surface area contributed by atoms with Crippen LogP contribution in [0.5, 0.6) is 5.75 Å². The van der Waals surface area contributed by atoms with E-state index in [0.717, 1.165) is 18.7 Å². The lowest BCUT2D eigenvalue weighted by Crippen LogP contribution is -2.43. The number of nitrogens with zero attached hydrogens (tertiary/aromatic N) is 1. The van der Waals surface area contributed by atoms with E-state index in [1.807, 2.05) is 30.3 Å². The number of hydrogen-bond donors (Lipinski definition) is 2. The fraction of sp³-hybridized carbons (Fsp3) is 0.333. The first-order valence-electron chi connectivity index (χ1n) is 9.37. The van der Waals surface area contributed by atoms with Gasteiger partial charge in [0.05, 0.1) is 13.2 Å². The molecule has 1 saturated heterocycles. The SMILES string of the molecule is O=C(NCCN1CCOCC1)C(=O)Nc1ccc(OCc2ccccc2)cc1. The zero-order valence-corrected chi connectivity index (χ0v) is 15.7. The fourth-order valence-electron chi connectivity index (χ4n) is 2.80. The Hall–Kier alpha value is -2.90. The average Bonchev–Trinajstić information content (AvgIpc) is 2.74. The zero-order valence-electron chi connectivity index (χ0n) is 15.7. The number of carbonyl (C=O) groups is 2. The van der Waals surface area contributed by atoms with Gasteiger partial charge in [-0.3, -0.25) is 14.5 Å². The minimum Gasteiger partial charge on any atom is -0.489 e. The van der Waals surface area contributed by atoms with Crippen LogP contribution in [0.4, 0.5) is 5.69 Å². The van der Waals surface area contributed by atoms with E-state index >= 15 is 0 Å². The van der Waals surface area contributed by atoms with Crippen molar-refractivity contribution in [3.8, 4) is 5.75 Å². The van der Waals surface area contributed by atoms with Gasteiger partial charge in [-0.25, -0.2) is 0 Å². The Morgan fingerprint density at radius 3 is 2.39 bits per heavy atom. The highest BCUT2D eigenvalue weighted by Gasteiger charge is 2.15. The van der Waals surface area contributed by atoms with Crippen LogP contribution in [0.25, 0.3) is 0 Å². The van der Waals surface area contributed by atoms with Crippen molar-refractivity contribution in [3.05, 3.63) is 60.2 Å². The van der Waals surface area contributed by atoms with E-state index in [0.29, 0.717) is 44.3 Å². The molecule has 0 saturated carbocycles.